The Kier molecular flexibility index (Phi) is 7.83. The molecule has 1 atom stereocenters. The van der Waals surface area contributed by atoms with Gasteiger partial charge in [-0.3, -0.25) is 14.2 Å². The molecule has 0 saturated heterocycles. The van der Waals surface area contributed by atoms with E-state index in [1.165, 1.54) is 7.11 Å². The first kappa shape index (κ1) is 26.5. The Morgan fingerprint density at radius 2 is 1.97 bits per heavy atom. The van der Waals surface area contributed by atoms with Gasteiger partial charge in [-0.1, -0.05) is 49.4 Å². The van der Waals surface area contributed by atoms with Gasteiger partial charge < -0.3 is 15.8 Å². The Balaban J connectivity index is 0.00000361. The van der Waals surface area contributed by atoms with Gasteiger partial charge in [0.05, 0.1) is 30.2 Å². The average Bonchev–Trinajstić information content (AvgIpc) is 3.14. The van der Waals surface area contributed by atoms with E-state index in [0.717, 1.165) is 27.5 Å². The first-order chi connectivity index (χ1) is 16.8. The van der Waals surface area contributed by atoms with E-state index in [2.05, 4.69) is 16.1 Å². The highest BCUT2D eigenvalue weighted by molar-refractivity contribution is 7.07. The molecule has 1 aliphatic heterocycles. The molecule has 1 unspecified atom stereocenters. The van der Waals surface area contributed by atoms with Crippen molar-refractivity contribution in [3.63, 3.8) is 0 Å². The van der Waals surface area contributed by atoms with Crippen molar-refractivity contribution >= 4 is 58.0 Å². The fraction of sp³-hybridized carbons (Fsp3) is 0.154. The molecule has 0 saturated carbocycles. The smallest absolute Gasteiger partial charge is 0.332 e. The number of aromatic nitrogens is 1. The Morgan fingerprint density at radius 1 is 1.25 bits per heavy atom. The summed E-state index contributed by atoms with van der Waals surface area (Å²) in [5.74, 6) is -2.36. The van der Waals surface area contributed by atoms with Crippen molar-refractivity contribution in [2.24, 2.45) is 5.73 Å². The second-order valence-electron chi connectivity index (χ2n) is 7.68. The van der Waals surface area contributed by atoms with Crippen LogP contribution < -0.4 is 25.8 Å². The molecule has 0 spiro atoms. The van der Waals surface area contributed by atoms with Crippen molar-refractivity contribution in [2.45, 2.75) is 20.3 Å². The van der Waals surface area contributed by atoms with Crippen molar-refractivity contribution in [3.8, 4) is 6.07 Å². The summed E-state index contributed by atoms with van der Waals surface area (Å²) in [5.41, 5.74) is 7.71. The highest BCUT2D eigenvalue weighted by Gasteiger charge is 2.36. The molecule has 3 aromatic rings. The number of aryl methyl sites for hydroxylation is 1. The van der Waals surface area contributed by atoms with Gasteiger partial charge in [0.1, 0.15) is 15.0 Å². The lowest BCUT2D eigenvalue weighted by Crippen LogP contribution is -2.41. The summed E-state index contributed by atoms with van der Waals surface area (Å²) in [5, 5.41) is 13.2. The number of nitrogens with two attached hydrogens (primary N) is 1. The van der Waals surface area contributed by atoms with Gasteiger partial charge in [-0.25, -0.2) is 4.79 Å². The highest BCUT2D eigenvalue weighted by Crippen LogP contribution is 2.39. The Labute approximate surface area is 216 Å². The van der Waals surface area contributed by atoms with Crippen molar-refractivity contribution < 1.29 is 14.3 Å². The number of carbonyl (C=O) groups excluding carboxylic acids is 2. The van der Waals surface area contributed by atoms with Crippen LogP contribution in [0.15, 0.2) is 58.9 Å². The van der Waals surface area contributed by atoms with E-state index in [1.54, 1.807) is 42.5 Å². The molecule has 0 bridgehead atoms. The van der Waals surface area contributed by atoms with E-state index in [0.29, 0.717) is 16.3 Å². The number of halogens is 1. The molecular weight excluding hydrogens is 500 g/mol. The summed E-state index contributed by atoms with van der Waals surface area (Å²) >= 11 is 7.39. The number of hydrogen-bond acceptors (Lipinski definition) is 7. The zero-order valence-electron chi connectivity index (χ0n) is 18.7. The third-order valence-corrected chi connectivity index (χ3v) is 6.91. The van der Waals surface area contributed by atoms with Gasteiger partial charge in [0.25, 0.3) is 11.5 Å². The van der Waals surface area contributed by atoms with Crippen LogP contribution in [0.25, 0.3) is 17.5 Å². The number of carbonyl (C=O) groups is 2. The SMILES string of the molecule is C.COC(=O)/C=c1\sc2n(c1=O)C(N)=C(C#N)C(c1ccccc1Cl)C=2C(=O)Nc1cccc(C)c1. The van der Waals surface area contributed by atoms with E-state index in [-0.39, 0.29) is 33.6 Å². The van der Waals surface area contributed by atoms with Crippen molar-refractivity contribution in [1.82, 2.24) is 4.57 Å². The minimum absolute atomic E-state index is 0. The average molecular weight is 523 g/mol. The summed E-state index contributed by atoms with van der Waals surface area (Å²) in [7, 11) is 1.19. The van der Waals surface area contributed by atoms with Crippen molar-refractivity contribution in [3.05, 3.63) is 89.8 Å². The number of nitriles is 1. The number of rotatable bonds is 4. The van der Waals surface area contributed by atoms with Crippen LogP contribution in [0.3, 0.4) is 0 Å². The Bertz CT molecular complexity index is 1630. The molecule has 0 radical (unpaired) electrons. The molecule has 3 N–H and O–H groups in total. The predicted octanol–water partition coefficient (Wildman–Crippen LogP) is 2.70. The largest absolute Gasteiger partial charge is 0.466 e. The second kappa shape index (κ2) is 10.6. The van der Waals surface area contributed by atoms with Crippen LogP contribution in [-0.4, -0.2) is 23.6 Å². The minimum atomic E-state index is -0.942. The third-order valence-electron chi connectivity index (χ3n) is 5.46. The summed E-state index contributed by atoms with van der Waals surface area (Å²) in [6, 6.07) is 16.1. The second-order valence-corrected chi connectivity index (χ2v) is 9.12. The molecule has 8 nitrogen and oxygen atoms in total. The van der Waals surface area contributed by atoms with Crippen LogP contribution in [0.4, 0.5) is 5.69 Å². The summed E-state index contributed by atoms with van der Waals surface area (Å²) in [6.45, 7) is 1.89. The normalized spacial score (nSPS) is 15.0. The number of ether oxygens (including phenoxy) is 1. The van der Waals surface area contributed by atoms with Crippen LogP contribution in [0.5, 0.6) is 0 Å². The Hall–Kier alpha value is -4.13. The van der Waals surface area contributed by atoms with Crippen LogP contribution in [0, 0.1) is 18.3 Å². The molecule has 1 amide bonds. The first-order valence-corrected chi connectivity index (χ1v) is 11.5. The maximum Gasteiger partial charge on any atom is 0.332 e. The number of nitrogens with zero attached hydrogens (tertiary/aromatic N) is 2. The maximum absolute atomic E-state index is 13.7. The van der Waals surface area contributed by atoms with Crippen LogP contribution in [-0.2, 0) is 14.3 Å². The minimum Gasteiger partial charge on any atom is -0.466 e. The van der Waals surface area contributed by atoms with Gasteiger partial charge in [-0.2, -0.15) is 5.26 Å². The van der Waals surface area contributed by atoms with E-state index in [9.17, 15) is 19.6 Å². The van der Waals surface area contributed by atoms with E-state index in [4.69, 9.17) is 17.3 Å². The number of fused-ring (bicyclic) bond motifs is 1. The van der Waals surface area contributed by atoms with Gasteiger partial charge in [0.2, 0.25) is 0 Å². The fourth-order valence-corrected chi connectivity index (χ4v) is 5.25. The van der Waals surface area contributed by atoms with Gasteiger partial charge >= 0.3 is 5.97 Å². The number of allylic oxidation sites excluding steroid dienone is 1. The standard InChI is InChI=1S/C25H19ClN4O4S.CH4/c1-13-6-5-7-14(10-13)29-23(32)21-20(15-8-3-4-9-17(15)26)16(12-27)22(28)30-24(33)18(35-25(21)30)11-19(31)34-2;/h3-11,20H,28H2,1-2H3,(H,29,32);1H4/b18-11-;. The van der Waals surface area contributed by atoms with Gasteiger partial charge in [0.15, 0.2) is 0 Å². The maximum atomic E-state index is 13.7. The van der Waals surface area contributed by atoms with E-state index >= 15 is 0 Å². The molecule has 10 heteroatoms. The number of methoxy groups -OCH3 is 1. The molecule has 0 aliphatic carbocycles. The summed E-state index contributed by atoms with van der Waals surface area (Å²) < 4.78 is 5.92. The molecular formula is C26H23ClN4O4S. The van der Waals surface area contributed by atoms with E-state index < -0.39 is 23.4 Å². The lowest BCUT2D eigenvalue weighted by Gasteiger charge is -2.26. The number of hydrogen-bond donors (Lipinski definition) is 2. The fourth-order valence-electron chi connectivity index (χ4n) is 3.87. The lowest BCUT2D eigenvalue weighted by molar-refractivity contribution is -0.133. The number of amides is 1. The van der Waals surface area contributed by atoms with Gasteiger partial charge in [-0.05, 0) is 36.2 Å². The Morgan fingerprint density at radius 3 is 2.61 bits per heavy atom. The number of thiazole rings is 1. The van der Waals surface area contributed by atoms with E-state index in [1.807, 2.05) is 13.0 Å². The molecule has 4 rings (SSSR count). The summed E-state index contributed by atoms with van der Waals surface area (Å²) in [6.07, 6.45) is 1.03. The zero-order valence-corrected chi connectivity index (χ0v) is 20.2. The highest BCUT2D eigenvalue weighted by atomic mass is 35.5. The molecule has 2 aromatic carbocycles. The van der Waals surface area contributed by atoms with Crippen LogP contribution in [0.1, 0.15) is 24.5 Å². The molecule has 0 fully saturated rings. The first-order valence-electron chi connectivity index (χ1n) is 10.3. The molecule has 1 aromatic heterocycles. The molecule has 36 heavy (non-hydrogen) atoms. The van der Waals surface area contributed by atoms with Crippen molar-refractivity contribution in [2.75, 3.05) is 12.4 Å². The van der Waals surface area contributed by atoms with Crippen LogP contribution >= 0.6 is 22.9 Å². The monoisotopic (exact) mass is 522 g/mol. The number of benzene rings is 2. The molecule has 2 heterocycles. The lowest BCUT2D eigenvalue weighted by atomic mass is 9.83. The third kappa shape index (κ3) is 4.69. The number of esters is 1. The van der Waals surface area contributed by atoms with Crippen LogP contribution in [0.2, 0.25) is 5.02 Å². The number of anilines is 1. The summed E-state index contributed by atoms with van der Waals surface area (Å²) in [4.78, 5) is 38.7. The van der Waals surface area contributed by atoms with Crippen molar-refractivity contribution in [1.29, 1.82) is 5.26 Å². The topological polar surface area (TPSA) is 127 Å². The molecule has 1 aliphatic rings. The zero-order chi connectivity index (χ0) is 25.3. The predicted molar refractivity (Wildman–Crippen MR) is 141 cm³/mol. The van der Waals surface area contributed by atoms with Gasteiger partial charge in [0, 0.05) is 16.8 Å². The van der Waals surface area contributed by atoms with Gasteiger partial charge in [-0.15, -0.1) is 11.3 Å². The number of nitrogens with one attached hydrogen (secondary N) is 1. The molecule has 184 valence electrons. The quantitative estimate of drug-likeness (QED) is 0.507.